The molecule has 0 saturated carbocycles. The molecule has 2 amide bonds. The van der Waals surface area contributed by atoms with Crippen molar-refractivity contribution in [1.29, 1.82) is 5.26 Å². The van der Waals surface area contributed by atoms with Gasteiger partial charge in [-0.25, -0.2) is 0 Å². The largest absolute Gasteiger partial charge is 0.494 e. The molecule has 0 aliphatic carbocycles. The van der Waals surface area contributed by atoms with Gasteiger partial charge in [0.05, 0.1) is 12.7 Å². The molecule has 0 bridgehead atoms. The van der Waals surface area contributed by atoms with Crippen LogP contribution in [-0.4, -0.2) is 54.4 Å². The van der Waals surface area contributed by atoms with Gasteiger partial charge in [-0.2, -0.15) is 5.26 Å². The van der Waals surface area contributed by atoms with E-state index in [2.05, 4.69) is 32.9 Å². The molecule has 1 fully saturated rings. The predicted octanol–water partition coefficient (Wildman–Crippen LogP) is 3.12. The minimum absolute atomic E-state index is 0.0952. The van der Waals surface area contributed by atoms with Gasteiger partial charge < -0.3 is 14.5 Å². The number of hydrogen-bond acceptors (Lipinski definition) is 4. The first kappa shape index (κ1) is 21.7. The summed E-state index contributed by atoms with van der Waals surface area (Å²) in [5.74, 6) is 0.769. The van der Waals surface area contributed by atoms with Gasteiger partial charge in [0.25, 0.3) is 0 Å². The zero-order valence-electron chi connectivity index (χ0n) is 17.2. The van der Waals surface area contributed by atoms with Gasteiger partial charge in [0.1, 0.15) is 12.2 Å². The van der Waals surface area contributed by atoms with Gasteiger partial charge in [-0.1, -0.05) is 32.9 Å². The summed E-state index contributed by atoms with van der Waals surface area (Å²) in [5, 5.41) is 8.66. The van der Waals surface area contributed by atoms with Crippen LogP contribution in [0.1, 0.15) is 52.0 Å². The highest BCUT2D eigenvalue weighted by atomic mass is 16.5. The Morgan fingerprint density at radius 3 is 2.21 bits per heavy atom. The summed E-state index contributed by atoms with van der Waals surface area (Å²) in [7, 11) is 0. The molecule has 1 aliphatic heterocycles. The third-order valence-corrected chi connectivity index (χ3v) is 4.96. The molecule has 0 spiro atoms. The zero-order chi connectivity index (χ0) is 20.6. The second kappa shape index (κ2) is 10.1. The fraction of sp³-hybridized carbons (Fsp3) is 0.591. The van der Waals surface area contributed by atoms with E-state index in [1.54, 1.807) is 4.90 Å². The van der Waals surface area contributed by atoms with Crippen molar-refractivity contribution in [3.05, 3.63) is 29.8 Å². The number of nitrogens with zero attached hydrogens (tertiary/aromatic N) is 3. The summed E-state index contributed by atoms with van der Waals surface area (Å²) in [5.41, 5.74) is 1.38. The van der Waals surface area contributed by atoms with E-state index in [1.807, 2.05) is 23.1 Å². The highest BCUT2D eigenvalue weighted by molar-refractivity contribution is 5.79. The van der Waals surface area contributed by atoms with Crippen molar-refractivity contribution in [2.45, 2.75) is 51.9 Å². The molecule has 0 N–H and O–H groups in total. The lowest BCUT2D eigenvalue weighted by atomic mass is 9.87. The molecule has 1 heterocycles. The van der Waals surface area contributed by atoms with Crippen molar-refractivity contribution in [1.82, 2.24) is 9.80 Å². The summed E-state index contributed by atoms with van der Waals surface area (Å²) >= 11 is 0. The average molecular weight is 386 g/mol. The van der Waals surface area contributed by atoms with Crippen molar-refractivity contribution in [3.63, 3.8) is 0 Å². The van der Waals surface area contributed by atoms with Crippen LogP contribution in [0.25, 0.3) is 0 Å². The first-order chi connectivity index (χ1) is 13.3. The van der Waals surface area contributed by atoms with Gasteiger partial charge in [0, 0.05) is 32.6 Å². The SMILES string of the molecule is CC(C)(C)c1ccc(OCCCC(=O)N2CCCN(C(=O)CC#N)CC2)cc1. The second-order valence-electron chi connectivity index (χ2n) is 8.18. The summed E-state index contributed by atoms with van der Waals surface area (Å²) in [4.78, 5) is 27.8. The summed E-state index contributed by atoms with van der Waals surface area (Å²) in [6.45, 7) is 9.33. The predicted molar refractivity (Wildman–Crippen MR) is 108 cm³/mol. The Labute approximate surface area is 168 Å². The van der Waals surface area contributed by atoms with E-state index < -0.39 is 0 Å². The summed E-state index contributed by atoms with van der Waals surface area (Å²) < 4.78 is 5.76. The molecule has 6 heteroatoms. The van der Waals surface area contributed by atoms with Crippen LogP contribution in [0.2, 0.25) is 0 Å². The minimum Gasteiger partial charge on any atom is -0.494 e. The topological polar surface area (TPSA) is 73.6 Å². The van der Waals surface area contributed by atoms with E-state index in [0.29, 0.717) is 45.6 Å². The highest BCUT2D eigenvalue weighted by Crippen LogP contribution is 2.24. The van der Waals surface area contributed by atoms with Crippen molar-refractivity contribution < 1.29 is 14.3 Å². The van der Waals surface area contributed by atoms with E-state index >= 15 is 0 Å². The Hall–Kier alpha value is -2.55. The van der Waals surface area contributed by atoms with E-state index in [-0.39, 0.29) is 23.7 Å². The first-order valence-corrected chi connectivity index (χ1v) is 9.97. The summed E-state index contributed by atoms with van der Waals surface area (Å²) in [6, 6.07) is 10.0. The van der Waals surface area contributed by atoms with E-state index in [0.717, 1.165) is 12.2 Å². The number of carbonyl (C=O) groups is 2. The van der Waals surface area contributed by atoms with Crippen LogP contribution >= 0.6 is 0 Å². The van der Waals surface area contributed by atoms with Crippen LogP contribution in [0.5, 0.6) is 5.75 Å². The van der Waals surface area contributed by atoms with Gasteiger partial charge >= 0.3 is 0 Å². The Morgan fingerprint density at radius 1 is 1.04 bits per heavy atom. The third kappa shape index (κ3) is 6.56. The fourth-order valence-electron chi connectivity index (χ4n) is 3.22. The van der Waals surface area contributed by atoms with Crippen molar-refractivity contribution >= 4 is 11.8 Å². The number of benzene rings is 1. The maximum Gasteiger partial charge on any atom is 0.236 e. The number of hydrogen-bond donors (Lipinski definition) is 0. The van der Waals surface area contributed by atoms with E-state index in [9.17, 15) is 9.59 Å². The molecule has 0 unspecified atom stereocenters. The molecule has 28 heavy (non-hydrogen) atoms. The number of nitriles is 1. The number of rotatable bonds is 6. The Bertz CT molecular complexity index is 701. The number of ether oxygens (including phenoxy) is 1. The molecule has 6 nitrogen and oxygen atoms in total. The van der Waals surface area contributed by atoms with Crippen LogP contribution in [-0.2, 0) is 15.0 Å². The molecular weight excluding hydrogens is 354 g/mol. The molecule has 0 atom stereocenters. The lowest BCUT2D eigenvalue weighted by Gasteiger charge is -2.21. The Kier molecular flexibility index (Phi) is 7.86. The average Bonchev–Trinajstić information content (AvgIpc) is 2.91. The Balaban J connectivity index is 1.71. The molecule has 1 aliphatic rings. The molecule has 1 saturated heterocycles. The van der Waals surface area contributed by atoms with Crippen molar-refractivity contribution in [3.8, 4) is 11.8 Å². The lowest BCUT2D eigenvalue weighted by Crippen LogP contribution is -2.37. The normalized spacial score (nSPS) is 14.9. The van der Waals surface area contributed by atoms with Gasteiger partial charge in [-0.15, -0.1) is 0 Å². The van der Waals surface area contributed by atoms with Gasteiger partial charge in [-0.3, -0.25) is 9.59 Å². The molecular formula is C22H31N3O3. The fourth-order valence-corrected chi connectivity index (χ4v) is 3.22. The highest BCUT2D eigenvalue weighted by Gasteiger charge is 2.21. The van der Waals surface area contributed by atoms with Crippen LogP contribution in [0.15, 0.2) is 24.3 Å². The molecule has 2 rings (SSSR count). The zero-order valence-corrected chi connectivity index (χ0v) is 17.2. The molecule has 152 valence electrons. The van der Waals surface area contributed by atoms with Gasteiger partial charge in [0.15, 0.2) is 0 Å². The maximum atomic E-state index is 12.4. The number of carbonyl (C=O) groups excluding carboxylic acids is 2. The van der Waals surface area contributed by atoms with Crippen LogP contribution in [0.4, 0.5) is 0 Å². The van der Waals surface area contributed by atoms with Crippen LogP contribution < -0.4 is 4.74 Å². The third-order valence-electron chi connectivity index (χ3n) is 4.96. The van der Waals surface area contributed by atoms with Crippen LogP contribution in [0.3, 0.4) is 0 Å². The standard InChI is InChI=1S/C22H31N3O3/c1-22(2,3)18-7-9-19(10-8-18)28-17-4-6-20(26)24-13-5-14-25(16-15-24)21(27)11-12-23/h7-10H,4-6,11,13-17H2,1-3H3. The molecule has 1 aromatic carbocycles. The van der Waals surface area contributed by atoms with E-state index in [4.69, 9.17) is 10.00 Å². The van der Waals surface area contributed by atoms with Crippen molar-refractivity contribution in [2.75, 3.05) is 32.8 Å². The summed E-state index contributed by atoms with van der Waals surface area (Å²) in [6.07, 6.45) is 1.75. The first-order valence-electron chi connectivity index (χ1n) is 9.97. The molecule has 1 aromatic rings. The minimum atomic E-state index is -0.150. The molecule has 0 aromatic heterocycles. The van der Waals surface area contributed by atoms with Gasteiger partial charge in [0.2, 0.25) is 11.8 Å². The Morgan fingerprint density at radius 2 is 1.64 bits per heavy atom. The molecule has 0 radical (unpaired) electrons. The number of amides is 2. The second-order valence-corrected chi connectivity index (χ2v) is 8.18. The van der Waals surface area contributed by atoms with Crippen molar-refractivity contribution in [2.24, 2.45) is 0 Å². The lowest BCUT2D eigenvalue weighted by molar-refractivity contribution is -0.133. The monoisotopic (exact) mass is 385 g/mol. The quantitative estimate of drug-likeness (QED) is 0.705. The van der Waals surface area contributed by atoms with Crippen LogP contribution in [0, 0.1) is 11.3 Å². The maximum absolute atomic E-state index is 12.4. The van der Waals surface area contributed by atoms with E-state index in [1.165, 1.54) is 5.56 Å². The smallest absolute Gasteiger partial charge is 0.236 e. The van der Waals surface area contributed by atoms with Gasteiger partial charge in [-0.05, 0) is 36.0 Å².